The fraction of sp³-hybridized carbons (Fsp3) is 0.350. The normalized spacial score (nSPS) is 15.8. The number of carbonyl (C=O) groups excluding carboxylic acids is 1. The highest BCUT2D eigenvalue weighted by atomic mass is 35.5. The van der Waals surface area contributed by atoms with Gasteiger partial charge < -0.3 is 23.9 Å². The second-order valence-corrected chi connectivity index (χ2v) is 8.06. The quantitative estimate of drug-likeness (QED) is 0.422. The van der Waals surface area contributed by atoms with Crippen LogP contribution in [0.3, 0.4) is 0 Å². The molecule has 164 valence electrons. The zero-order valence-corrected chi connectivity index (χ0v) is 18.6. The first-order valence-corrected chi connectivity index (χ1v) is 10.4. The van der Waals surface area contributed by atoms with E-state index in [1.54, 1.807) is 30.0 Å². The highest BCUT2D eigenvalue weighted by Gasteiger charge is 2.31. The Labute approximate surface area is 188 Å². The van der Waals surface area contributed by atoms with Crippen LogP contribution in [0.25, 0.3) is 11.6 Å². The molecule has 1 aliphatic heterocycles. The molecule has 3 heterocycles. The van der Waals surface area contributed by atoms with E-state index in [-0.39, 0.29) is 25.5 Å². The van der Waals surface area contributed by atoms with Gasteiger partial charge in [-0.2, -0.15) is 5.10 Å². The van der Waals surface area contributed by atoms with Gasteiger partial charge in [0.2, 0.25) is 11.8 Å². The summed E-state index contributed by atoms with van der Waals surface area (Å²) in [5, 5.41) is 18.5. The first kappa shape index (κ1) is 21.6. The summed E-state index contributed by atoms with van der Waals surface area (Å²) in [5.74, 6) is 0.615. The molecule has 1 fully saturated rings. The number of quaternary nitrogens is 1. The maximum Gasteiger partial charge on any atom is 0.248 e. The van der Waals surface area contributed by atoms with E-state index in [1.165, 1.54) is 24.3 Å². The van der Waals surface area contributed by atoms with Crippen LogP contribution in [-0.2, 0) is 11.3 Å². The molecule has 2 aromatic heterocycles. The lowest BCUT2D eigenvalue weighted by atomic mass is 10.2. The first-order chi connectivity index (χ1) is 14.8. The van der Waals surface area contributed by atoms with Crippen LogP contribution in [-0.4, -0.2) is 58.9 Å². The Balaban J connectivity index is 1.44. The van der Waals surface area contributed by atoms with Crippen LogP contribution < -0.4 is 9.38 Å². The Morgan fingerprint density at radius 3 is 2.71 bits per heavy atom. The molecular formula is C20H21Cl2N5O4. The molecule has 0 radical (unpaired) electrons. The molecule has 3 aromatic rings. The number of hydroxylamine groups is 2. The number of amides is 1. The zero-order valence-electron chi connectivity index (χ0n) is 17.0. The highest BCUT2D eigenvalue weighted by Crippen LogP contribution is 2.33. The number of piperazine rings is 1. The van der Waals surface area contributed by atoms with Gasteiger partial charge in [-0.15, -0.1) is 0 Å². The summed E-state index contributed by atoms with van der Waals surface area (Å²) in [7, 11) is 1.51. The van der Waals surface area contributed by atoms with Crippen molar-refractivity contribution in [3.63, 3.8) is 0 Å². The van der Waals surface area contributed by atoms with Crippen molar-refractivity contribution in [2.45, 2.75) is 13.5 Å². The van der Waals surface area contributed by atoms with Gasteiger partial charge in [0.15, 0.2) is 5.69 Å². The fourth-order valence-corrected chi connectivity index (χ4v) is 3.99. The molecule has 1 saturated heterocycles. The van der Waals surface area contributed by atoms with Crippen LogP contribution in [0.1, 0.15) is 5.69 Å². The molecule has 0 aliphatic carbocycles. The molecule has 1 amide bonds. The van der Waals surface area contributed by atoms with Crippen LogP contribution in [0.2, 0.25) is 10.0 Å². The van der Waals surface area contributed by atoms with Crippen molar-refractivity contribution in [2.75, 3.05) is 33.3 Å². The minimum absolute atomic E-state index is 0.0138. The van der Waals surface area contributed by atoms with Crippen LogP contribution in [0.4, 0.5) is 5.69 Å². The molecule has 0 saturated carbocycles. The lowest BCUT2D eigenvalue weighted by molar-refractivity contribution is -0.133. The van der Waals surface area contributed by atoms with E-state index in [0.717, 1.165) is 0 Å². The molecule has 31 heavy (non-hydrogen) atoms. The summed E-state index contributed by atoms with van der Waals surface area (Å²) in [4.78, 5) is 18.6. The smallest absolute Gasteiger partial charge is 0.248 e. The third-order valence-electron chi connectivity index (χ3n) is 5.47. The highest BCUT2D eigenvalue weighted by molar-refractivity contribution is 6.33. The van der Waals surface area contributed by atoms with Gasteiger partial charge in [-0.3, -0.25) is 9.48 Å². The van der Waals surface area contributed by atoms with Crippen molar-refractivity contribution < 1.29 is 13.9 Å². The average Bonchev–Trinajstić information content (AvgIpc) is 3.39. The Morgan fingerprint density at radius 2 is 2.06 bits per heavy atom. The summed E-state index contributed by atoms with van der Waals surface area (Å²) in [6.45, 7) is 2.91. The van der Waals surface area contributed by atoms with Crippen LogP contribution in [0.15, 0.2) is 35.1 Å². The third kappa shape index (κ3) is 4.14. The van der Waals surface area contributed by atoms with E-state index in [9.17, 15) is 10.0 Å². The monoisotopic (exact) mass is 465 g/mol. The second kappa shape index (κ2) is 8.51. The number of ether oxygens (including phenoxy) is 1. The number of aromatic nitrogens is 3. The second-order valence-electron chi connectivity index (χ2n) is 7.28. The Hall–Kier alpha value is -2.59. The molecule has 11 heteroatoms. The number of nitrogens with zero attached hydrogens (tertiary/aromatic N) is 5. The van der Waals surface area contributed by atoms with E-state index >= 15 is 0 Å². The zero-order chi connectivity index (χ0) is 22.2. The van der Waals surface area contributed by atoms with Gasteiger partial charge in [-0.05, 0) is 13.0 Å². The van der Waals surface area contributed by atoms with E-state index in [2.05, 4.69) is 10.1 Å². The van der Waals surface area contributed by atoms with Gasteiger partial charge in [0.25, 0.3) is 0 Å². The molecule has 4 rings (SSSR count). The van der Waals surface area contributed by atoms with Gasteiger partial charge in [-0.25, -0.2) is 4.98 Å². The van der Waals surface area contributed by atoms with Crippen molar-refractivity contribution in [1.82, 2.24) is 24.3 Å². The summed E-state index contributed by atoms with van der Waals surface area (Å²) in [6, 6.07) is 5.02. The van der Waals surface area contributed by atoms with Crippen molar-refractivity contribution in [3.8, 4) is 17.3 Å². The largest absolute Gasteiger partial charge is 0.627 e. The van der Waals surface area contributed by atoms with Gasteiger partial charge in [0, 0.05) is 12.1 Å². The molecular weight excluding hydrogens is 445 g/mol. The van der Waals surface area contributed by atoms with Gasteiger partial charge in [-0.1, -0.05) is 23.2 Å². The lowest BCUT2D eigenvalue weighted by Crippen LogP contribution is -2.58. The minimum atomic E-state index is -0.543. The molecule has 1 aromatic carbocycles. The van der Waals surface area contributed by atoms with Crippen LogP contribution in [0.5, 0.6) is 5.75 Å². The Kier molecular flexibility index (Phi) is 5.94. The Morgan fingerprint density at radius 1 is 1.32 bits per heavy atom. The van der Waals surface area contributed by atoms with Gasteiger partial charge >= 0.3 is 0 Å². The number of carbonyl (C=O) groups is 1. The number of halogens is 2. The van der Waals surface area contributed by atoms with Gasteiger partial charge in [0.05, 0.1) is 42.1 Å². The van der Waals surface area contributed by atoms with Crippen molar-refractivity contribution in [3.05, 3.63) is 51.6 Å². The molecule has 1 aliphatic rings. The summed E-state index contributed by atoms with van der Waals surface area (Å²) < 4.78 is 11.5. The average molecular weight is 466 g/mol. The number of rotatable bonds is 5. The topological polar surface area (TPSA) is 96.5 Å². The standard InChI is InChI=1S/C20H21Cl2N5O4/c1-13-18(22)19(20-23-5-10-31-20)24-26(13)12-17(28)25-6-8-27(29,9-7-25)14-3-4-15(21)16(11-14)30-2/h3-5,10-11H,6-9,12H2,1-2H3. The van der Waals surface area contributed by atoms with E-state index < -0.39 is 4.65 Å². The number of benzene rings is 1. The molecule has 0 unspecified atom stereocenters. The van der Waals surface area contributed by atoms with E-state index in [4.69, 9.17) is 32.4 Å². The lowest BCUT2D eigenvalue weighted by Gasteiger charge is -2.47. The number of methoxy groups -OCH3 is 1. The predicted molar refractivity (Wildman–Crippen MR) is 117 cm³/mol. The molecule has 0 atom stereocenters. The van der Waals surface area contributed by atoms with Crippen molar-refractivity contribution >= 4 is 34.8 Å². The summed E-state index contributed by atoms with van der Waals surface area (Å²) >= 11 is 12.4. The van der Waals surface area contributed by atoms with Crippen molar-refractivity contribution in [1.29, 1.82) is 0 Å². The molecule has 9 nitrogen and oxygen atoms in total. The van der Waals surface area contributed by atoms with E-state index in [1.807, 2.05) is 0 Å². The van der Waals surface area contributed by atoms with Crippen LogP contribution >= 0.6 is 23.2 Å². The van der Waals surface area contributed by atoms with Crippen LogP contribution in [0, 0.1) is 12.1 Å². The molecule has 0 spiro atoms. The van der Waals surface area contributed by atoms with Crippen molar-refractivity contribution in [2.24, 2.45) is 0 Å². The molecule has 0 bridgehead atoms. The predicted octanol–water partition coefficient (Wildman–Crippen LogP) is 3.51. The maximum absolute atomic E-state index is 13.3. The SMILES string of the molecule is COc1cc([N+]2([O-])CCN(C(=O)Cn3nc(-c4ncco4)c(Cl)c3C)CC2)ccc1Cl. The third-order valence-corrected chi connectivity index (χ3v) is 6.24. The number of oxazole rings is 1. The number of hydrogen-bond acceptors (Lipinski definition) is 6. The first-order valence-electron chi connectivity index (χ1n) is 9.65. The molecule has 0 N–H and O–H groups in total. The fourth-order valence-electron chi connectivity index (χ4n) is 3.58. The summed E-state index contributed by atoms with van der Waals surface area (Å²) in [6.07, 6.45) is 2.94. The number of hydrogen-bond donors (Lipinski definition) is 0. The van der Waals surface area contributed by atoms with Gasteiger partial charge in [0.1, 0.15) is 37.3 Å². The summed E-state index contributed by atoms with van der Waals surface area (Å²) in [5.41, 5.74) is 1.59. The Bertz CT molecular complexity index is 1090. The minimum Gasteiger partial charge on any atom is -0.627 e. The van der Waals surface area contributed by atoms with E-state index in [0.29, 0.717) is 51.9 Å². The maximum atomic E-state index is 13.3.